The van der Waals surface area contributed by atoms with Gasteiger partial charge in [0, 0.05) is 22.3 Å². The van der Waals surface area contributed by atoms with Gasteiger partial charge in [0.2, 0.25) is 5.91 Å². The Labute approximate surface area is 123 Å². The first-order valence-corrected chi connectivity index (χ1v) is 7.59. The van der Waals surface area contributed by atoms with Crippen LogP contribution < -0.4 is 0 Å². The van der Waals surface area contributed by atoms with Crippen molar-refractivity contribution in [3.8, 4) is 0 Å². The van der Waals surface area contributed by atoms with Crippen LogP contribution in [0, 0.1) is 0 Å². The van der Waals surface area contributed by atoms with Crippen molar-refractivity contribution in [1.29, 1.82) is 0 Å². The van der Waals surface area contributed by atoms with Crippen LogP contribution in [0.2, 0.25) is 0 Å². The second-order valence-corrected chi connectivity index (χ2v) is 6.21. The molecule has 1 aliphatic heterocycles. The predicted octanol–water partition coefficient (Wildman–Crippen LogP) is 3.85. The van der Waals surface area contributed by atoms with Crippen molar-refractivity contribution < 1.29 is 4.79 Å². The number of carbonyl (C=O) groups is 1. The van der Waals surface area contributed by atoms with Crippen LogP contribution in [0.15, 0.2) is 34.8 Å². The summed E-state index contributed by atoms with van der Waals surface area (Å²) in [6, 6.07) is 8.02. The third-order valence-corrected chi connectivity index (χ3v) is 4.54. The number of amides is 1. The number of nitrogens with zero attached hydrogens (tertiary/aromatic N) is 1. The van der Waals surface area contributed by atoms with E-state index < -0.39 is 0 Å². The van der Waals surface area contributed by atoms with Crippen molar-refractivity contribution in [2.24, 2.45) is 0 Å². The van der Waals surface area contributed by atoms with E-state index in [1.165, 1.54) is 0 Å². The largest absolute Gasteiger partial charge is 0.311 e. The molecule has 1 aromatic carbocycles. The summed E-state index contributed by atoms with van der Waals surface area (Å²) >= 11 is 5.75. The lowest BCUT2D eigenvalue weighted by molar-refractivity contribution is -0.127. The summed E-state index contributed by atoms with van der Waals surface area (Å²) < 4.78 is 1.10. The number of hydrogen-bond donors (Lipinski definition) is 0. The van der Waals surface area contributed by atoms with Gasteiger partial charge in [-0.2, -0.15) is 0 Å². The molecule has 4 heteroatoms. The maximum absolute atomic E-state index is 12.1. The SMILES string of the molecule is CCN1C(=O)C(I)CC=C1c1ccccc1Br. The van der Waals surface area contributed by atoms with Gasteiger partial charge in [0.15, 0.2) is 0 Å². The van der Waals surface area contributed by atoms with Gasteiger partial charge < -0.3 is 4.90 Å². The zero-order valence-corrected chi connectivity index (χ0v) is 13.2. The van der Waals surface area contributed by atoms with Gasteiger partial charge >= 0.3 is 0 Å². The molecule has 17 heavy (non-hydrogen) atoms. The maximum atomic E-state index is 12.1. The molecule has 0 aliphatic carbocycles. The minimum atomic E-state index is 0.0683. The predicted molar refractivity (Wildman–Crippen MR) is 81.9 cm³/mol. The molecular formula is C13H13BrINO. The average molecular weight is 406 g/mol. The molecule has 90 valence electrons. The Morgan fingerprint density at radius 3 is 2.82 bits per heavy atom. The topological polar surface area (TPSA) is 20.3 Å². The van der Waals surface area contributed by atoms with Crippen molar-refractivity contribution in [2.75, 3.05) is 6.54 Å². The van der Waals surface area contributed by atoms with Crippen molar-refractivity contribution in [1.82, 2.24) is 4.90 Å². The second-order valence-electron chi connectivity index (χ2n) is 3.85. The molecule has 0 radical (unpaired) electrons. The van der Waals surface area contributed by atoms with Crippen molar-refractivity contribution in [2.45, 2.75) is 17.3 Å². The molecule has 2 rings (SSSR count). The van der Waals surface area contributed by atoms with Gasteiger partial charge in [-0.25, -0.2) is 0 Å². The summed E-state index contributed by atoms with van der Waals surface area (Å²) in [4.78, 5) is 14.0. The van der Waals surface area contributed by atoms with Crippen LogP contribution in [0.25, 0.3) is 5.70 Å². The summed E-state index contributed by atoms with van der Waals surface area (Å²) in [5, 5.41) is 0. The molecule has 1 aromatic rings. The Morgan fingerprint density at radius 2 is 2.18 bits per heavy atom. The lowest BCUT2D eigenvalue weighted by Crippen LogP contribution is -2.38. The van der Waals surface area contributed by atoms with Crippen LogP contribution in [0.1, 0.15) is 18.9 Å². The van der Waals surface area contributed by atoms with Crippen LogP contribution in [0.3, 0.4) is 0 Å². The highest BCUT2D eigenvalue weighted by Crippen LogP contribution is 2.32. The number of allylic oxidation sites excluding steroid dienone is 1. The first kappa shape index (κ1) is 13.1. The van der Waals surface area contributed by atoms with Crippen LogP contribution in [-0.4, -0.2) is 21.3 Å². The van der Waals surface area contributed by atoms with E-state index in [1.54, 1.807) is 0 Å². The quantitative estimate of drug-likeness (QED) is 0.540. The molecule has 1 aliphatic rings. The van der Waals surface area contributed by atoms with Gasteiger partial charge in [0.05, 0.1) is 3.92 Å². The molecule has 0 saturated heterocycles. The normalized spacial score (nSPS) is 20.4. The molecule has 0 spiro atoms. The number of benzene rings is 1. The van der Waals surface area contributed by atoms with E-state index in [2.05, 4.69) is 44.6 Å². The van der Waals surface area contributed by atoms with Crippen LogP contribution in [0.5, 0.6) is 0 Å². The first-order chi connectivity index (χ1) is 8.15. The van der Waals surface area contributed by atoms with E-state index in [0.717, 1.165) is 22.2 Å². The second kappa shape index (κ2) is 5.52. The Morgan fingerprint density at radius 1 is 1.47 bits per heavy atom. The third-order valence-electron chi connectivity index (χ3n) is 2.81. The molecule has 0 saturated carbocycles. The van der Waals surface area contributed by atoms with Gasteiger partial charge in [0.25, 0.3) is 0 Å². The fraction of sp³-hybridized carbons (Fsp3) is 0.308. The Hall–Kier alpha value is -0.360. The average Bonchev–Trinajstić information content (AvgIpc) is 2.33. The van der Waals surface area contributed by atoms with Crippen molar-refractivity contribution in [3.05, 3.63) is 40.4 Å². The van der Waals surface area contributed by atoms with Crippen LogP contribution in [-0.2, 0) is 4.79 Å². The number of alkyl halides is 1. The Kier molecular flexibility index (Phi) is 4.25. The molecule has 1 unspecified atom stereocenters. The fourth-order valence-corrected chi connectivity index (χ4v) is 3.04. The standard InChI is InChI=1S/C13H13BrINO/c1-2-16-12(8-7-11(15)13(16)17)9-5-3-4-6-10(9)14/h3-6,8,11H,2,7H2,1H3. The van der Waals surface area contributed by atoms with E-state index in [1.807, 2.05) is 36.1 Å². The summed E-state index contributed by atoms with van der Waals surface area (Å²) in [7, 11) is 0. The highest BCUT2D eigenvalue weighted by atomic mass is 127. The van der Waals surface area contributed by atoms with E-state index >= 15 is 0 Å². The third kappa shape index (κ3) is 2.57. The lowest BCUT2D eigenvalue weighted by atomic mass is 10.0. The highest BCUT2D eigenvalue weighted by molar-refractivity contribution is 14.1. The van der Waals surface area contributed by atoms with Crippen molar-refractivity contribution in [3.63, 3.8) is 0 Å². The van der Waals surface area contributed by atoms with Gasteiger partial charge in [-0.15, -0.1) is 0 Å². The molecule has 0 aromatic heterocycles. The molecule has 0 N–H and O–H groups in total. The molecular weight excluding hydrogens is 393 g/mol. The smallest absolute Gasteiger partial charge is 0.240 e. The minimum absolute atomic E-state index is 0.0683. The highest BCUT2D eigenvalue weighted by Gasteiger charge is 2.28. The summed E-state index contributed by atoms with van der Waals surface area (Å²) in [6.07, 6.45) is 2.97. The van der Waals surface area contributed by atoms with E-state index in [0.29, 0.717) is 6.54 Å². The van der Waals surface area contributed by atoms with Gasteiger partial charge in [-0.3, -0.25) is 4.79 Å². The van der Waals surface area contributed by atoms with E-state index in [-0.39, 0.29) is 9.83 Å². The molecule has 1 atom stereocenters. The van der Waals surface area contributed by atoms with Gasteiger partial charge in [-0.1, -0.05) is 62.8 Å². The zero-order valence-electron chi connectivity index (χ0n) is 9.49. The van der Waals surface area contributed by atoms with Crippen LogP contribution in [0.4, 0.5) is 0 Å². The summed E-state index contributed by atoms with van der Waals surface area (Å²) in [5.41, 5.74) is 2.11. The Bertz CT molecular complexity index is 472. The summed E-state index contributed by atoms with van der Waals surface area (Å²) in [5.74, 6) is 0.210. The zero-order chi connectivity index (χ0) is 12.4. The Balaban J connectivity index is 2.44. The van der Waals surface area contributed by atoms with Gasteiger partial charge in [-0.05, 0) is 19.4 Å². The van der Waals surface area contributed by atoms with Crippen molar-refractivity contribution >= 4 is 50.1 Å². The lowest BCUT2D eigenvalue weighted by Gasteiger charge is -2.30. The molecule has 1 amide bonds. The van der Waals surface area contributed by atoms with E-state index in [4.69, 9.17) is 0 Å². The number of halogens is 2. The van der Waals surface area contributed by atoms with E-state index in [9.17, 15) is 4.79 Å². The minimum Gasteiger partial charge on any atom is -0.311 e. The molecule has 0 bridgehead atoms. The molecule has 2 nitrogen and oxygen atoms in total. The number of carbonyl (C=O) groups excluding carboxylic acids is 1. The maximum Gasteiger partial charge on any atom is 0.240 e. The molecule has 0 fully saturated rings. The number of hydrogen-bond acceptors (Lipinski definition) is 1. The fourth-order valence-electron chi connectivity index (χ4n) is 1.96. The number of rotatable bonds is 2. The van der Waals surface area contributed by atoms with Gasteiger partial charge in [0.1, 0.15) is 0 Å². The molecule has 1 heterocycles. The monoisotopic (exact) mass is 405 g/mol. The first-order valence-electron chi connectivity index (χ1n) is 5.55. The summed E-state index contributed by atoms with van der Waals surface area (Å²) in [6.45, 7) is 2.72. The van der Waals surface area contributed by atoms with Crippen LogP contribution >= 0.6 is 38.5 Å².